The molecule has 29 heavy (non-hydrogen) atoms. The average Bonchev–Trinajstić information content (AvgIpc) is 3.05. The fourth-order valence-corrected chi connectivity index (χ4v) is 3.77. The number of nitrogens with zero attached hydrogens (tertiary/aromatic N) is 3. The molecule has 0 aliphatic heterocycles. The van der Waals surface area contributed by atoms with Gasteiger partial charge >= 0.3 is 5.97 Å². The van der Waals surface area contributed by atoms with E-state index in [1.54, 1.807) is 4.90 Å². The molecule has 0 aliphatic carbocycles. The highest BCUT2D eigenvalue weighted by molar-refractivity contribution is 9.10. The number of carbonyl (C=O) groups excluding carboxylic acids is 2. The van der Waals surface area contributed by atoms with Crippen molar-refractivity contribution in [3.63, 3.8) is 0 Å². The summed E-state index contributed by atoms with van der Waals surface area (Å²) in [6.45, 7) is 6.50. The molecule has 1 heterocycles. The van der Waals surface area contributed by atoms with Gasteiger partial charge in [-0.1, -0.05) is 28.1 Å². The number of amides is 1. The largest absolute Gasteiger partial charge is 0.459 e. The molecule has 0 N–H and O–H groups in total. The molecule has 1 amide bonds. The Morgan fingerprint density at radius 3 is 2.55 bits per heavy atom. The number of rotatable bonds is 8. The minimum absolute atomic E-state index is 0.0629. The number of benzene rings is 1. The van der Waals surface area contributed by atoms with Gasteiger partial charge in [-0.2, -0.15) is 0 Å². The van der Waals surface area contributed by atoms with Crippen LogP contribution in [0, 0.1) is 0 Å². The summed E-state index contributed by atoms with van der Waals surface area (Å²) in [5.74, 6) is -0.540. The summed E-state index contributed by atoms with van der Waals surface area (Å²) < 4.78 is 6.37. The fraction of sp³-hybridized carbons (Fsp3) is 0.476. The maximum Gasteiger partial charge on any atom is 0.326 e. The van der Waals surface area contributed by atoms with Crippen LogP contribution in [0.3, 0.4) is 0 Å². The Labute approximate surface area is 185 Å². The van der Waals surface area contributed by atoms with E-state index in [4.69, 9.17) is 4.74 Å². The lowest BCUT2D eigenvalue weighted by atomic mass is 10.2. The molecule has 0 saturated heterocycles. The number of thiazole rings is 1. The van der Waals surface area contributed by atoms with Gasteiger partial charge in [-0.05, 0) is 47.0 Å². The third-order valence-corrected chi connectivity index (χ3v) is 5.30. The van der Waals surface area contributed by atoms with Crippen molar-refractivity contribution in [1.29, 1.82) is 0 Å². The van der Waals surface area contributed by atoms with Gasteiger partial charge in [0.1, 0.15) is 17.2 Å². The van der Waals surface area contributed by atoms with Crippen molar-refractivity contribution in [3.8, 4) is 10.6 Å². The lowest BCUT2D eigenvalue weighted by molar-refractivity contribution is -0.158. The standard InChI is InChI=1S/C21H28BrN3O3S/c1-21(2,3)28-19(27)13-25(10-9-24(4)5)18(26)12-17-14-29-20(23-17)15-7-6-8-16(22)11-15/h6-8,11,14H,9-10,12-13H2,1-5H3. The second-order valence-electron chi connectivity index (χ2n) is 8.04. The number of aromatic nitrogens is 1. The molecule has 0 spiro atoms. The highest BCUT2D eigenvalue weighted by atomic mass is 79.9. The monoisotopic (exact) mass is 481 g/mol. The first-order valence-corrected chi connectivity index (χ1v) is 11.1. The number of hydrogen-bond donors (Lipinski definition) is 0. The quantitative estimate of drug-likeness (QED) is 0.535. The van der Waals surface area contributed by atoms with Crippen molar-refractivity contribution in [2.24, 2.45) is 0 Å². The summed E-state index contributed by atoms with van der Waals surface area (Å²) in [7, 11) is 3.86. The summed E-state index contributed by atoms with van der Waals surface area (Å²) in [5.41, 5.74) is 1.12. The summed E-state index contributed by atoms with van der Waals surface area (Å²) in [4.78, 5) is 33.3. The number of carbonyl (C=O) groups is 2. The molecule has 0 atom stereocenters. The average molecular weight is 482 g/mol. The topological polar surface area (TPSA) is 62.7 Å². The molecule has 0 unspecified atom stereocenters. The van der Waals surface area contributed by atoms with E-state index in [1.165, 1.54) is 11.3 Å². The van der Waals surface area contributed by atoms with Crippen molar-refractivity contribution >= 4 is 39.1 Å². The van der Waals surface area contributed by atoms with Gasteiger partial charge in [-0.3, -0.25) is 9.59 Å². The van der Waals surface area contributed by atoms with E-state index in [0.29, 0.717) is 18.8 Å². The van der Waals surface area contributed by atoms with Gasteiger partial charge in [-0.15, -0.1) is 11.3 Å². The smallest absolute Gasteiger partial charge is 0.326 e. The third-order valence-electron chi connectivity index (χ3n) is 3.87. The molecule has 0 radical (unpaired) electrons. The van der Waals surface area contributed by atoms with Crippen molar-refractivity contribution in [2.45, 2.75) is 32.8 Å². The van der Waals surface area contributed by atoms with E-state index in [-0.39, 0.29) is 18.9 Å². The van der Waals surface area contributed by atoms with Crippen molar-refractivity contribution in [3.05, 3.63) is 39.8 Å². The zero-order valence-corrected chi connectivity index (χ0v) is 20.0. The first-order valence-electron chi connectivity index (χ1n) is 9.38. The maximum atomic E-state index is 12.9. The minimum atomic E-state index is -0.582. The molecule has 2 rings (SSSR count). The summed E-state index contributed by atoms with van der Waals surface area (Å²) >= 11 is 4.97. The lowest BCUT2D eigenvalue weighted by Gasteiger charge is -2.26. The van der Waals surface area contributed by atoms with Gasteiger partial charge < -0.3 is 14.5 Å². The van der Waals surface area contributed by atoms with Crippen LogP contribution in [0.15, 0.2) is 34.1 Å². The third kappa shape index (κ3) is 8.24. The molecule has 1 aromatic heterocycles. The molecule has 158 valence electrons. The van der Waals surface area contributed by atoms with Crippen LogP contribution in [0.4, 0.5) is 0 Å². The fourth-order valence-electron chi connectivity index (χ4n) is 2.55. The Hall–Kier alpha value is -1.77. The van der Waals surface area contributed by atoms with Crippen LogP contribution in [0.5, 0.6) is 0 Å². The molecule has 0 aliphatic rings. The molecular formula is C21H28BrN3O3S. The van der Waals surface area contributed by atoms with Crippen LogP contribution < -0.4 is 0 Å². The molecule has 6 nitrogen and oxygen atoms in total. The lowest BCUT2D eigenvalue weighted by Crippen LogP contribution is -2.42. The number of hydrogen-bond acceptors (Lipinski definition) is 6. The Morgan fingerprint density at radius 2 is 1.93 bits per heavy atom. The second kappa shape index (κ2) is 10.3. The van der Waals surface area contributed by atoms with Crippen LogP contribution in [-0.2, 0) is 20.7 Å². The predicted molar refractivity (Wildman–Crippen MR) is 120 cm³/mol. The van der Waals surface area contributed by atoms with E-state index < -0.39 is 11.6 Å². The zero-order valence-electron chi connectivity index (χ0n) is 17.6. The predicted octanol–water partition coefficient (Wildman–Crippen LogP) is 3.85. The normalized spacial score (nSPS) is 11.6. The van der Waals surface area contributed by atoms with Crippen LogP contribution in [0.1, 0.15) is 26.5 Å². The van der Waals surface area contributed by atoms with Gasteiger partial charge in [0.15, 0.2) is 0 Å². The Kier molecular flexibility index (Phi) is 8.36. The molecular weight excluding hydrogens is 454 g/mol. The first-order chi connectivity index (χ1) is 13.5. The van der Waals surface area contributed by atoms with E-state index in [2.05, 4.69) is 20.9 Å². The summed E-state index contributed by atoms with van der Waals surface area (Å²) in [5, 5.41) is 2.76. The van der Waals surface area contributed by atoms with Crippen LogP contribution in [0.25, 0.3) is 10.6 Å². The first kappa shape index (κ1) is 23.5. The molecule has 0 fully saturated rings. The number of esters is 1. The van der Waals surface area contributed by atoms with Crippen LogP contribution in [0.2, 0.25) is 0 Å². The second-order valence-corrected chi connectivity index (χ2v) is 9.81. The number of halogens is 1. The van der Waals surface area contributed by atoms with Gasteiger partial charge in [0.25, 0.3) is 0 Å². The van der Waals surface area contributed by atoms with E-state index in [1.807, 2.05) is 69.4 Å². The highest BCUT2D eigenvalue weighted by Crippen LogP contribution is 2.26. The molecule has 2 aromatic rings. The van der Waals surface area contributed by atoms with Gasteiger partial charge in [0.05, 0.1) is 12.1 Å². The van der Waals surface area contributed by atoms with Crippen LogP contribution >= 0.6 is 27.3 Å². The molecule has 0 saturated carbocycles. The maximum absolute atomic E-state index is 12.9. The molecule has 1 aromatic carbocycles. The highest BCUT2D eigenvalue weighted by Gasteiger charge is 2.23. The van der Waals surface area contributed by atoms with Gasteiger partial charge in [0.2, 0.25) is 5.91 Å². The molecule has 0 bridgehead atoms. The van der Waals surface area contributed by atoms with Gasteiger partial charge in [-0.25, -0.2) is 4.98 Å². The number of ether oxygens (including phenoxy) is 1. The Morgan fingerprint density at radius 1 is 1.21 bits per heavy atom. The van der Waals surface area contributed by atoms with Gasteiger partial charge in [0, 0.05) is 28.5 Å². The van der Waals surface area contributed by atoms with Crippen molar-refractivity contribution in [2.75, 3.05) is 33.7 Å². The minimum Gasteiger partial charge on any atom is -0.459 e. The zero-order chi connectivity index (χ0) is 21.6. The Bertz CT molecular complexity index is 846. The summed E-state index contributed by atoms with van der Waals surface area (Å²) in [6.07, 6.45) is 0.154. The Balaban J connectivity index is 2.07. The SMILES string of the molecule is CN(C)CCN(CC(=O)OC(C)(C)C)C(=O)Cc1csc(-c2cccc(Br)c2)n1. The van der Waals surface area contributed by atoms with Crippen molar-refractivity contribution < 1.29 is 14.3 Å². The summed E-state index contributed by atoms with van der Waals surface area (Å²) in [6, 6.07) is 7.90. The van der Waals surface area contributed by atoms with Crippen molar-refractivity contribution in [1.82, 2.24) is 14.8 Å². The number of likely N-dealkylation sites (N-methyl/N-ethyl adjacent to an activating group) is 1. The van der Waals surface area contributed by atoms with E-state index in [0.717, 1.165) is 15.0 Å². The van der Waals surface area contributed by atoms with E-state index >= 15 is 0 Å². The van der Waals surface area contributed by atoms with E-state index in [9.17, 15) is 9.59 Å². The molecule has 8 heteroatoms. The van der Waals surface area contributed by atoms with Crippen LogP contribution in [-0.4, -0.2) is 66.0 Å².